The van der Waals surface area contributed by atoms with Crippen molar-refractivity contribution in [1.29, 1.82) is 0 Å². The molecule has 6 heteroatoms. The van der Waals surface area contributed by atoms with Gasteiger partial charge in [0.15, 0.2) is 0 Å². The number of nitrogens with zero attached hydrogens (tertiary/aromatic N) is 4. The maximum atomic E-state index is 12.2. The van der Waals surface area contributed by atoms with Crippen LogP contribution >= 0.6 is 0 Å². The molecule has 1 saturated heterocycles. The molecular weight excluding hydrogens is 256 g/mol. The monoisotopic (exact) mass is 272 g/mol. The molecule has 1 amide bonds. The minimum Gasteiger partial charge on any atom is -0.472 e. The van der Waals surface area contributed by atoms with Crippen LogP contribution in [-0.2, 0) is 0 Å². The molecular formula is C14H16N4O2. The third-order valence-corrected chi connectivity index (χ3v) is 4.12. The summed E-state index contributed by atoms with van der Waals surface area (Å²) >= 11 is 0. The summed E-state index contributed by atoms with van der Waals surface area (Å²) in [6.45, 7) is 1.45. The van der Waals surface area contributed by atoms with E-state index in [1.165, 1.54) is 25.4 Å². The van der Waals surface area contributed by atoms with E-state index < -0.39 is 0 Å². The normalized spacial score (nSPS) is 22.4. The molecule has 1 aliphatic heterocycles. The van der Waals surface area contributed by atoms with Crippen LogP contribution in [0.15, 0.2) is 29.2 Å². The number of rotatable bonds is 3. The Balaban J connectivity index is 1.45. The zero-order chi connectivity index (χ0) is 13.5. The van der Waals surface area contributed by atoms with Gasteiger partial charge >= 0.3 is 0 Å². The number of carbonyl (C=O) groups is 1. The van der Waals surface area contributed by atoms with Crippen molar-refractivity contribution in [3.05, 3.63) is 36.0 Å². The van der Waals surface area contributed by atoms with Crippen molar-refractivity contribution >= 4 is 5.91 Å². The third-order valence-electron chi connectivity index (χ3n) is 4.12. The van der Waals surface area contributed by atoms with Crippen LogP contribution in [0, 0.1) is 0 Å². The van der Waals surface area contributed by atoms with E-state index in [1.807, 2.05) is 15.8 Å². The van der Waals surface area contributed by atoms with Crippen LogP contribution in [0.1, 0.15) is 47.3 Å². The van der Waals surface area contributed by atoms with Crippen LogP contribution in [0.3, 0.4) is 0 Å². The summed E-state index contributed by atoms with van der Waals surface area (Å²) in [7, 11) is 0. The summed E-state index contributed by atoms with van der Waals surface area (Å²) in [5.41, 5.74) is 1.72. The minimum atomic E-state index is 0.0313. The van der Waals surface area contributed by atoms with E-state index in [9.17, 15) is 4.79 Å². The Bertz CT molecular complexity index is 615. The lowest BCUT2D eigenvalue weighted by molar-refractivity contribution is 0.0786. The van der Waals surface area contributed by atoms with Gasteiger partial charge in [0.05, 0.1) is 23.6 Å². The second-order valence-electron chi connectivity index (χ2n) is 5.60. The highest BCUT2D eigenvalue weighted by molar-refractivity contribution is 5.94. The second-order valence-corrected chi connectivity index (χ2v) is 5.60. The van der Waals surface area contributed by atoms with Gasteiger partial charge in [0, 0.05) is 25.2 Å². The molecule has 2 aromatic rings. The molecule has 3 heterocycles. The summed E-state index contributed by atoms with van der Waals surface area (Å²) in [6.07, 6.45) is 8.46. The van der Waals surface area contributed by atoms with Crippen LogP contribution in [-0.4, -0.2) is 38.9 Å². The lowest BCUT2D eigenvalue weighted by atomic mass is 10.2. The fourth-order valence-corrected chi connectivity index (χ4v) is 2.75. The molecule has 6 nitrogen and oxygen atoms in total. The zero-order valence-corrected chi connectivity index (χ0v) is 11.1. The maximum Gasteiger partial charge on any atom is 0.257 e. The van der Waals surface area contributed by atoms with Gasteiger partial charge in [0.25, 0.3) is 5.91 Å². The average Bonchev–Trinajstić information content (AvgIpc) is 2.98. The summed E-state index contributed by atoms with van der Waals surface area (Å²) in [6, 6.07) is 1.95. The fourth-order valence-electron chi connectivity index (χ4n) is 2.75. The summed E-state index contributed by atoms with van der Waals surface area (Å²) in [5, 5.41) is 8.46. The van der Waals surface area contributed by atoms with Crippen LogP contribution in [0.4, 0.5) is 0 Å². The lowest BCUT2D eigenvalue weighted by Gasteiger charge is -2.15. The van der Waals surface area contributed by atoms with Crippen LogP contribution in [0.25, 0.3) is 0 Å². The topological polar surface area (TPSA) is 64.2 Å². The van der Waals surface area contributed by atoms with Crippen molar-refractivity contribution in [2.24, 2.45) is 0 Å². The van der Waals surface area contributed by atoms with Crippen molar-refractivity contribution in [1.82, 2.24) is 19.9 Å². The highest BCUT2D eigenvalue weighted by Crippen LogP contribution is 2.39. The Hall–Kier alpha value is -2.11. The van der Waals surface area contributed by atoms with Gasteiger partial charge in [-0.15, -0.1) is 5.10 Å². The Morgan fingerprint density at radius 3 is 3.00 bits per heavy atom. The molecule has 2 aliphatic rings. The first-order valence-electron chi connectivity index (χ1n) is 7.04. The number of hydrogen-bond donors (Lipinski definition) is 0. The molecule has 0 aromatic carbocycles. The van der Waals surface area contributed by atoms with E-state index in [-0.39, 0.29) is 11.9 Å². The lowest BCUT2D eigenvalue weighted by Crippen LogP contribution is -2.28. The highest BCUT2D eigenvalue weighted by Gasteiger charge is 2.31. The van der Waals surface area contributed by atoms with Gasteiger partial charge in [-0.05, 0) is 25.3 Å². The predicted molar refractivity (Wildman–Crippen MR) is 70.3 cm³/mol. The molecule has 1 aliphatic carbocycles. The molecule has 2 aromatic heterocycles. The van der Waals surface area contributed by atoms with Crippen molar-refractivity contribution in [2.45, 2.75) is 31.2 Å². The maximum absolute atomic E-state index is 12.2. The van der Waals surface area contributed by atoms with E-state index in [0.717, 1.165) is 18.7 Å². The van der Waals surface area contributed by atoms with Crippen LogP contribution < -0.4 is 0 Å². The molecule has 0 N–H and O–H groups in total. The molecule has 104 valence electrons. The molecule has 1 atom stereocenters. The first-order chi connectivity index (χ1) is 9.81. The number of aromatic nitrogens is 3. The minimum absolute atomic E-state index is 0.0313. The molecule has 0 bridgehead atoms. The van der Waals surface area contributed by atoms with Gasteiger partial charge in [0.2, 0.25) is 0 Å². The molecule has 0 unspecified atom stereocenters. The van der Waals surface area contributed by atoms with Gasteiger partial charge in [-0.25, -0.2) is 4.68 Å². The Labute approximate surface area is 116 Å². The average molecular weight is 272 g/mol. The molecule has 1 saturated carbocycles. The number of carbonyl (C=O) groups excluding carboxylic acids is 1. The Kier molecular flexibility index (Phi) is 2.61. The van der Waals surface area contributed by atoms with E-state index in [0.29, 0.717) is 18.0 Å². The second kappa shape index (κ2) is 4.47. The van der Waals surface area contributed by atoms with Gasteiger partial charge in [-0.3, -0.25) is 4.79 Å². The van der Waals surface area contributed by atoms with Crippen LogP contribution in [0.5, 0.6) is 0 Å². The highest BCUT2D eigenvalue weighted by atomic mass is 16.3. The predicted octanol–water partition coefficient (Wildman–Crippen LogP) is 1.84. The standard InChI is InChI=1S/C14H16N4O2/c19-14(11-4-6-20-9-11)17-5-3-12(7-17)18-8-13(15-16-18)10-1-2-10/h4,6,8-10,12H,1-3,5,7H2/t12-/m1/s1. The van der Waals surface area contributed by atoms with Gasteiger partial charge < -0.3 is 9.32 Å². The first kappa shape index (κ1) is 11.7. The van der Waals surface area contributed by atoms with Crippen molar-refractivity contribution in [2.75, 3.05) is 13.1 Å². The summed E-state index contributed by atoms with van der Waals surface area (Å²) in [4.78, 5) is 14.1. The van der Waals surface area contributed by atoms with Gasteiger partial charge in [-0.2, -0.15) is 0 Å². The van der Waals surface area contributed by atoms with Crippen LogP contribution in [0.2, 0.25) is 0 Å². The van der Waals surface area contributed by atoms with Crippen molar-refractivity contribution in [3.63, 3.8) is 0 Å². The number of furan rings is 1. The van der Waals surface area contributed by atoms with Gasteiger partial charge in [0.1, 0.15) is 6.26 Å². The largest absolute Gasteiger partial charge is 0.472 e. The number of likely N-dealkylation sites (tertiary alicyclic amines) is 1. The van der Waals surface area contributed by atoms with Crippen molar-refractivity contribution in [3.8, 4) is 0 Å². The molecule has 2 fully saturated rings. The van der Waals surface area contributed by atoms with Crippen molar-refractivity contribution < 1.29 is 9.21 Å². The quantitative estimate of drug-likeness (QED) is 0.855. The molecule has 4 rings (SSSR count). The Morgan fingerprint density at radius 1 is 1.35 bits per heavy atom. The molecule has 0 spiro atoms. The summed E-state index contributed by atoms with van der Waals surface area (Å²) < 4.78 is 6.90. The van der Waals surface area contributed by atoms with E-state index >= 15 is 0 Å². The Morgan fingerprint density at radius 2 is 2.25 bits per heavy atom. The smallest absolute Gasteiger partial charge is 0.257 e. The summed E-state index contributed by atoms with van der Waals surface area (Å²) in [5.74, 6) is 0.651. The SMILES string of the molecule is O=C(c1ccoc1)N1CC[C@@H](n2cc(C3CC3)nn2)C1. The zero-order valence-electron chi connectivity index (χ0n) is 11.1. The first-order valence-corrected chi connectivity index (χ1v) is 7.04. The fraction of sp³-hybridized carbons (Fsp3) is 0.500. The van der Waals surface area contributed by atoms with E-state index in [4.69, 9.17) is 4.42 Å². The third kappa shape index (κ3) is 2.01. The van der Waals surface area contributed by atoms with E-state index in [1.54, 1.807) is 6.07 Å². The number of hydrogen-bond acceptors (Lipinski definition) is 4. The molecule has 20 heavy (non-hydrogen) atoms. The number of amides is 1. The van der Waals surface area contributed by atoms with Gasteiger partial charge in [-0.1, -0.05) is 5.21 Å². The van der Waals surface area contributed by atoms with E-state index in [2.05, 4.69) is 10.3 Å². The molecule has 0 radical (unpaired) electrons.